The van der Waals surface area contributed by atoms with Crippen molar-refractivity contribution in [3.8, 4) is 0 Å². The molecule has 0 saturated carbocycles. The zero-order valence-electron chi connectivity index (χ0n) is 9.15. The van der Waals surface area contributed by atoms with E-state index in [4.69, 9.17) is 10.8 Å². The number of hydrogen-bond donors (Lipinski definition) is 2. The van der Waals surface area contributed by atoms with E-state index in [1.54, 1.807) is 0 Å². The Labute approximate surface area is 86.7 Å². The normalized spacial score (nSPS) is 25.5. The molecule has 0 spiro atoms. The summed E-state index contributed by atoms with van der Waals surface area (Å²) in [6.07, 6.45) is 1.17. The number of β-amino-alcohol motifs (C(OH)–C–C–N with tert-alkyl or cyclic N) is 1. The first-order chi connectivity index (χ1) is 6.81. The van der Waals surface area contributed by atoms with Crippen molar-refractivity contribution in [3.05, 3.63) is 0 Å². The molecule has 1 heterocycles. The van der Waals surface area contributed by atoms with Gasteiger partial charge in [-0.2, -0.15) is 0 Å². The second-order valence-electron chi connectivity index (χ2n) is 3.91. The lowest BCUT2D eigenvalue weighted by Gasteiger charge is -2.40. The van der Waals surface area contributed by atoms with Gasteiger partial charge in [0.25, 0.3) is 0 Å². The fraction of sp³-hybridized carbons (Fsp3) is 1.00. The van der Waals surface area contributed by atoms with Gasteiger partial charge in [0.05, 0.1) is 6.61 Å². The zero-order chi connectivity index (χ0) is 10.4. The van der Waals surface area contributed by atoms with Crippen molar-refractivity contribution in [2.45, 2.75) is 19.4 Å². The Morgan fingerprint density at radius 1 is 1.36 bits per heavy atom. The van der Waals surface area contributed by atoms with Gasteiger partial charge in [0, 0.05) is 45.3 Å². The number of nitrogens with two attached hydrogens (primary N) is 1. The van der Waals surface area contributed by atoms with Crippen LogP contribution in [0.25, 0.3) is 0 Å². The van der Waals surface area contributed by atoms with Gasteiger partial charge in [-0.1, -0.05) is 6.92 Å². The van der Waals surface area contributed by atoms with Gasteiger partial charge in [-0.15, -0.1) is 0 Å². The molecule has 0 aromatic carbocycles. The average Bonchev–Trinajstić information content (AvgIpc) is 2.21. The molecule has 84 valence electrons. The van der Waals surface area contributed by atoms with Gasteiger partial charge in [0.2, 0.25) is 0 Å². The third kappa shape index (κ3) is 3.20. The molecule has 1 atom stereocenters. The highest BCUT2D eigenvalue weighted by atomic mass is 16.3. The van der Waals surface area contributed by atoms with E-state index in [2.05, 4.69) is 16.7 Å². The Morgan fingerprint density at radius 3 is 2.71 bits per heavy atom. The summed E-state index contributed by atoms with van der Waals surface area (Å²) in [4.78, 5) is 4.80. The first-order valence-corrected chi connectivity index (χ1v) is 5.59. The van der Waals surface area contributed by atoms with Gasteiger partial charge < -0.3 is 10.8 Å². The van der Waals surface area contributed by atoms with Crippen LogP contribution in [0.2, 0.25) is 0 Å². The summed E-state index contributed by atoms with van der Waals surface area (Å²) in [7, 11) is 0. The van der Waals surface area contributed by atoms with Crippen molar-refractivity contribution >= 4 is 0 Å². The number of hydrogen-bond acceptors (Lipinski definition) is 4. The highest BCUT2D eigenvalue weighted by molar-refractivity contribution is 4.81. The van der Waals surface area contributed by atoms with E-state index in [-0.39, 0.29) is 6.61 Å². The van der Waals surface area contributed by atoms with Crippen LogP contribution >= 0.6 is 0 Å². The Kier molecular flexibility index (Phi) is 5.40. The van der Waals surface area contributed by atoms with Gasteiger partial charge in [-0.3, -0.25) is 9.80 Å². The van der Waals surface area contributed by atoms with Crippen LogP contribution in [-0.4, -0.2) is 66.8 Å². The number of nitrogens with zero attached hydrogens (tertiary/aromatic N) is 2. The summed E-state index contributed by atoms with van der Waals surface area (Å²) in [5.74, 6) is 0. The van der Waals surface area contributed by atoms with Crippen LogP contribution in [0.3, 0.4) is 0 Å². The summed E-state index contributed by atoms with van der Waals surface area (Å²) >= 11 is 0. The minimum atomic E-state index is 0.271. The van der Waals surface area contributed by atoms with E-state index in [9.17, 15) is 0 Å². The number of rotatable bonds is 5. The van der Waals surface area contributed by atoms with Crippen molar-refractivity contribution in [2.24, 2.45) is 5.73 Å². The lowest BCUT2D eigenvalue weighted by molar-refractivity contribution is 0.0636. The van der Waals surface area contributed by atoms with Crippen LogP contribution < -0.4 is 5.73 Å². The molecule has 4 heteroatoms. The molecule has 0 amide bonds. The van der Waals surface area contributed by atoms with E-state index in [1.165, 1.54) is 6.42 Å². The van der Waals surface area contributed by atoms with Gasteiger partial charge in [-0.25, -0.2) is 0 Å². The molecule has 0 bridgehead atoms. The monoisotopic (exact) mass is 201 g/mol. The first kappa shape index (κ1) is 11.9. The van der Waals surface area contributed by atoms with Gasteiger partial charge in [0.15, 0.2) is 0 Å². The van der Waals surface area contributed by atoms with Crippen LogP contribution in [0.1, 0.15) is 13.3 Å². The standard InChI is InChI=1S/C10H23N3O/c1-2-10-9-12(7-8-14)5-6-13(10)4-3-11/h10,14H,2-9,11H2,1H3. The van der Waals surface area contributed by atoms with Crippen LogP contribution in [0.15, 0.2) is 0 Å². The second kappa shape index (κ2) is 6.35. The van der Waals surface area contributed by atoms with Crippen molar-refractivity contribution < 1.29 is 5.11 Å². The maximum absolute atomic E-state index is 8.87. The van der Waals surface area contributed by atoms with Crippen LogP contribution in [-0.2, 0) is 0 Å². The Morgan fingerprint density at radius 2 is 2.14 bits per heavy atom. The minimum Gasteiger partial charge on any atom is -0.395 e. The lowest BCUT2D eigenvalue weighted by Crippen LogP contribution is -2.54. The van der Waals surface area contributed by atoms with E-state index < -0.39 is 0 Å². The summed E-state index contributed by atoms with van der Waals surface area (Å²) < 4.78 is 0. The summed E-state index contributed by atoms with van der Waals surface area (Å²) in [6.45, 7) is 8.29. The fourth-order valence-corrected chi connectivity index (χ4v) is 2.15. The molecule has 1 fully saturated rings. The van der Waals surface area contributed by atoms with Gasteiger partial charge in [0.1, 0.15) is 0 Å². The molecular weight excluding hydrogens is 178 g/mol. The predicted octanol–water partition coefficient (Wildman–Crippen LogP) is -0.666. The van der Waals surface area contributed by atoms with Crippen molar-refractivity contribution in [1.82, 2.24) is 9.80 Å². The fourth-order valence-electron chi connectivity index (χ4n) is 2.15. The molecule has 1 unspecified atom stereocenters. The van der Waals surface area contributed by atoms with Crippen molar-refractivity contribution in [3.63, 3.8) is 0 Å². The van der Waals surface area contributed by atoms with E-state index in [1.807, 2.05) is 0 Å². The third-order valence-electron chi connectivity index (χ3n) is 2.99. The molecule has 1 aliphatic rings. The molecule has 0 radical (unpaired) electrons. The van der Waals surface area contributed by atoms with Gasteiger partial charge >= 0.3 is 0 Å². The maximum atomic E-state index is 8.87. The molecule has 0 aromatic heterocycles. The Bertz CT molecular complexity index is 154. The molecule has 0 aromatic rings. The first-order valence-electron chi connectivity index (χ1n) is 5.59. The summed E-state index contributed by atoms with van der Waals surface area (Å²) in [5, 5.41) is 8.87. The smallest absolute Gasteiger partial charge is 0.0558 e. The quantitative estimate of drug-likeness (QED) is 0.620. The molecule has 14 heavy (non-hydrogen) atoms. The Balaban J connectivity index is 2.37. The SMILES string of the molecule is CCC1CN(CCO)CCN1CCN. The minimum absolute atomic E-state index is 0.271. The van der Waals surface area contributed by atoms with Crippen LogP contribution in [0.5, 0.6) is 0 Å². The van der Waals surface area contributed by atoms with Crippen LogP contribution in [0.4, 0.5) is 0 Å². The maximum Gasteiger partial charge on any atom is 0.0558 e. The molecule has 1 saturated heterocycles. The molecule has 1 aliphatic heterocycles. The zero-order valence-corrected chi connectivity index (χ0v) is 9.15. The van der Waals surface area contributed by atoms with E-state index in [0.717, 1.165) is 39.3 Å². The van der Waals surface area contributed by atoms with E-state index in [0.29, 0.717) is 6.04 Å². The average molecular weight is 201 g/mol. The number of aliphatic hydroxyl groups excluding tert-OH is 1. The molecule has 3 N–H and O–H groups in total. The van der Waals surface area contributed by atoms with E-state index >= 15 is 0 Å². The largest absolute Gasteiger partial charge is 0.395 e. The van der Waals surface area contributed by atoms with Gasteiger partial charge in [-0.05, 0) is 6.42 Å². The predicted molar refractivity (Wildman–Crippen MR) is 58.2 cm³/mol. The molecule has 4 nitrogen and oxygen atoms in total. The Hall–Kier alpha value is -0.160. The highest BCUT2D eigenvalue weighted by Crippen LogP contribution is 2.11. The summed E-state index contributed by atoms with van der Waals surface area (Å²) in [6, 6.07) is 0.624. The lowest BCUT2D eigenvalue weighted by atomic mass is 10.1. The summed E-state index contributed by atoms with van der Waals surface area (Å²) in [5.41, 5.74) is 5.57. The molecular formula is C10H23N3O. The number of piperazine rings is 1. The topological polar surface area (TPSA) is 52.7 Å². The van der Waals surface area contributed by atoms with Crippen molar-refractivity contribution in [1.29, 1.82) is 0 Å². The second-order valence-corrected chi connectivity index (χ2v) is 3.91. The third-order valence-corrected chi connectivity index (χ3v) is 2.99. The molecule has 0 aliphatic carbocycles. The highest BCUT2D eigenvalue weighted by Gasteiger charge is 2.24. The van der Waals surface area contributed by atoms with Crippen molar-refractivity contribution in [2.75, 3.05) is 45.9 Å². The van der Waals surface area contributed by atoms with Crippen LogP contribution in [0, 0.1) is 0 Å². The number of aliphatic hydroxyl groups is 1. The molecule has 1 rings (SSSR count).